The fourth-order valence-corrected chi connectivity index (χ4v) is 4.99. The van der Waals surface area contributed by atoms with E-state index in [0.29, 0.717) is 12.2 Å². The van der Waals surface area contributed by atoms with Crippen molar-refractivity contribution in [3.8, 4) is 0 Å². The van der Waals surface area contributed by atoms with Crippen LogP contribution in [0.25, 0.3) is 0 Å². The van der Waals surface area contributed by atoms with Gasteiger partial charge in [0.2, 0.25) is 0 Å². The van der Waals surface area contributed by atoms with Crippen LogP contribution in [0, 0.1) is 24.5 Å². The zero-order chi connectivity index (χ0) is 18.3. The van der Waals surface area contributed by atoms with Crippen molar-refractivity contribution < 1.29 is 18.6 Å². The van der Waals surface area contributed by atoms with Gasteiger partial charge in [0.25, 0.3) is 0 Å². The lowest BCUT2D eigenvalue weighted by atomic mass is 9.76. The summed E-state index contributed by atoms with van der Waals surface area (Å²) < 4.78 is 34.1. The van der Waals surface area contributed by atoms with Gasteiger partial charge in [-0.2, -0.15) is 0 Å². The predicted molar refractivity (Wildman–Crippen MR) is 96.1 cm³/mol. The Balaban J connectivity index is 1.66. The third kappa shape index (κ3) is 2.95. The third-order valence-corrected chi connectivity index (χ3v) is 6.20. The molecule has 4 rings (SSSR count). The van der Waals surface area contributed by atoms with Gasteiger partial charge < -0.3 is 9.84 Å². The zero-order valence-electron chi connectivity index (χ0n) is 14.9. The Morgan fingerprint density at radius 1 is 1.15 bits per heavy atom. The average Bonchev–Trinajstić information content (AvgIpc) is 3.22. The van der Waals surface area contributed by atoms with E-state index in [-0.39, 0.29) is 36.0 Å². The molecular weight excluding hydrogens is 334 g/mol. The highest BCUT2D eigenvalue weighted by atomic mass is 19.1. The van der Waals surface area contributed by atoms with Gasteiger partial charge in [0.15, 0.2) is 0 Å². The molecule has 1 saturated heterocycles. The van der Waals surface area contributed by atoms with E-state index >= 15 is 0 Å². The summed E-state index contributed by atoms with van der Waals surface area (Å²) in [7, 11) is 0. The largest absolute Gasteiger partial charge is 0.396 e. The third-order valence-electron chi connectivity index (χ3n) is 6.20. The number of hydrogen-bond donors (Lipinski definition) is 1. The van der Waals surface area contributed by atoms with E-state index in [9.17, 15) is 13.9 Å². The standard InChI is InChI=1S/C22H24F2O2/c1-14-2-7-20(24)19(10-14)17-11-22(26-13-17)9-8-16(12-25)21(22)15-3-5-18(23)6-4-15/h2-7,10,16-17,21,25H,8-9,11-13H2,1H3/t16?,17?,21?,22-/m1/s1. The number of hydrogen-bond acceptors (Lipinski definition) is 2. The predicted octanol–water partition coefficient (Wildman–Crippen LogP) is 4.70. The van der Waals surface area contributed by atoms with Gasteiger partial charge in [-0.3, -0.25) is 0 Å². The van der Waals surface area contributed by atoms with Crippen molar-refractivity contribution >= 4 is 0 Å². The number of halogens is 2. The number of aryl methyl sites for hydroxylation is 1. The molecule has 3 unspecified atom stereocenters. The van der Waals surface area contributed by atoms with Crippen LogP contribution < -0.4 is 0 Å². The highest BCUT2D eigenvalue weighted by molar-refractivity contribution is 5.32. The Labute approximate surface area is 152 Å². The Kier molecular flexibility index (Phi) is 4.57. The molecule has 1 saturated carbocycles. The van der Waals surface area contributed by atoms with E-state index in [4.69, 9.17) is 4.74 Å². The lowest BCUT2D eigenvalue weighted by Crippen LogP contribution is -2.34. The van der Waals surface area contributed by atoms with Gasteiger partial charge in [-0.15, -0.1) is 0 Å². The van der Waals surface area contributed by atoms with Crippen LogP contribution in [0.4, 0.5) is 8.78 Å². The topological polar surface area (TPSA) is 29.5 Å². The molecule has 0 radical (unpaired) electrons. The molecule has 1 aliphatic carbocycles. The maximum atomic E-state index is 14.4. The highest BCUT2D eigenvalue weighted by Crippen LogP contribution is 2.56. The van der Waals surface area contributed by atoms with Crippen LogP contribution in [-0.2, 0) is 4.74 Å². The summed E-state index contributed by atoms with van der Waals surface area (Å²) in [5, 5.41) is 9.87. The first kappa shape index (κ1) is 17.6. The van der Waals surface area contributed by atoms with Gasteiger partial charge in [-0.05, 0) is 61.4 Å². The molecule has 1 heterocycles. The van der Waals surface area contributed by atoms with Crippen LogP contribution in [-0.4, -0.2) is 23.9 Å². The first-order chi connectivity index (χ1) is 12.5. The fourth-order valence-electron chi connectivity index (χ4n) is 4.99. The minimum Gasteiger partial charge on any atom is -0.396 e. The highest BCUT2D eigenvalue weighted by Gasteiger charge is 2.54. The maximum absolute atomic E-state index is 14.4. The molecule has 1 aliphatic heterocycles. The van der Waals surface area contributed by atoms with Crippen molar-refractivity contribution in [2.75, 3.05) is 13.2 Å². The van der Waals surface area contributed by atoms with E-state index in [2.05, 4.69) is 0 Å². The van der Waals surface area contributed by atoms with Gasteiger partial charge in [-0.1, -0.05) is 29.8 Å². The Morgan fingerprint density at radius 3 is 2.65 bits per heavy atom. The summed E-state index contributed by atoms with van der Waals surface area (Å²) in [5.74, 6) is -0.354. The van der Waals surface area contributed by atoms with Crippen molar-refractivity contribution in [1.82, 2.24) is 0 Å². The molecule has 2 fully saturated rings. The lowest BCUT2D eigenvalue weighted by molar-refractivity contribution is -0.0122. The van der Waals surface area contributed by atoms with E-state index in [0.717, 1.165) is 30.4 Å². The molecule has 0 amide bonds. The maximum Gasteiger partial charge on any atom is 0.126 e. The van der Waals surface area contributed by atoms with Gasteiger partial charge in [0.05, 0.1) is 12.2 Å². The summed E-state index contributed by atoms with van der Waals surface area (Å²) in [6.45, 7) is 2.53. The molecule has 4 atom stereocenters. The van der Waals surface area contributed by atoms with Gasteiger partial charge in [0.1, 0.15) is 11.6 Å². The van der Waals surface area contributed by atoms with Crippen molar-refractivity contribution in [1.29, 1.82) is 0 Å². The monoisotopic (exact) mass is 358 g/mol. The molecule has 0 bridgehead atoms. The Hall–Kier alpha value is -1.78. The summed E-state index contributed by atoms with van der Waals surface area (Å²) in [6, 6.07) is 11.7. The SMILES string of the molecule is Cc1ccc(F)c(C2CO[C@]3(CCC(CO)C3c3ccc(F)cc3)C2)c1. The van der Waals surface area contributed by atoms with Crippen molar-refractivity contribution in [3.63, 3.8) is 0 Å². The molecule has 138 valence electrons. The van der Waals surface area contributed by atoms with Crippen molar-refractivity contribution in [2.24, 2.45) is 5.92 Å². The molecule has 0 aromatic heterocycles. The number of benzene rings is 2. The van der Waals surface area contributed by atoms with E-state index in [1.54, 1.807) is 18.2 Å². The summed E-state index contributed by atoms with van der Waals surface area (Å²) in [4.78, 5) is 0. The summed E-state index contributed by atoms with van der Waals surface area (Å²) in [5.41, 5.74) is 2.34. The van der Waals surface area contributed by atoms with Gasteiger partial charge in [0, 0.05) is 18.4 Å². The molecule has 26 heavy (non-hydrogen) atoms. The minimum absolute atomic E-state index is 0.00553. The van der Waals surface area contributed by atoms with E-state index < -0.39 is 5.60 Å². The Bertz CT molecular complexity index is 789. The normalized spacial score (nSPS) is 31.0. The number of ether oxygens (including phenoxy) is 1. The molecule has 2 nitrogen and oxygen atoms in total. The fraction of sp³-hybridized carbons (Fsp3) is 0.455. The first-order valence-corrected chi connectivity index (χ1v) is 9.29. The molecule has 4 heteroatoms. The second-order valence-electron chi connectivity index (χ2n) is 7.81. The van der Waals surface area contributed by atoms with Gasteiger partial charge in [-0.25, -0.2) is 8.78 Å². The number of rotatable bonds is 3. The van der Waals surface area contributed by atoms with Gasteiger partial charge >= 0.3 is 0 Å². The summed E-state index contributed by atoms with van der Waals surface area (Å²) >= 11 is 0. The summed E-state index contributed by atoms with van der Waals surface area (Å²) in [6.07, 6.45) is 2.43. The van der Waals surface area contributed by atoms with E-state index in [1.165, 1.54) is 18.2 Å². The smallest absolute Gasteiger partial charge is 0.126 e. The van der Waals surface area contributed by atoms with Crippen molar-refractivity contribution in [2.45, 2.75) is 43.6 Å². The average molecular weight is 358 g/mol. The second kappa shape index (κ2) is 6.75. The number of aliphatic hydroxyl groups excluding tert-OH is 1. The molecule has 2 aliphatic rings. The van der Waals surface area contributed by atoms with Crippen LogP contribution in [0.2, 0.25) is 0 Å². The second-order valence-corrected chi connectivity index (χ2v) is 7.81. The quantitative estimate of drug-likeness (QED) is 0.862. The van der Waals surface area contributed by atoms with Crippen molar-refractivity contribution in [3.05, 3.63) is 70.8 Å². The van der Waals surface area contributed by atoms with Crippen LogP contribution in [0.5, 0.6) is 0 Å². The molecule has 2 aromatic carbocycles. The lowest BCUT2D eigenvalue weighted by Gasteiger charge is -2.33. The van der Waals surface area contributed by atoms with Crippen LogP contribution in [0.1, 0.15) is 47.8 Å². The minimum atomic E-state index is -0.411. The van der Waals surface area contributed by atoms with Crippen LogP contribution in [0.15, 0.2) is 42.5 Å². The first-order valence-electron chi connectivity index (χ1n) is 9.29. The Morgan fingerprint density at radius 2 is 1.92 bits per heavy atom. The van der Waals surface area contributed by atoms with Crippen LogP contribution >= 0.6 is 0 Å². The van der Waals surface area contributed by atoms with E-state index in [1.807, 2.05) is 13.0 Å². The zero-order valence-corrected chi connectivity index (χ0v) is 14.9. The van der Waals surface area contributed by atoms with Crippen LogP contribution in [0.3, 0.4) is 0 Å². The molecular formula is C22H24F2O2. The number of aliphatic hydroxyl groups is 1. The molecule has 1 spiro atoms. The molecule has 1 N–H and O–H groups in total. The molecule has 2 aromatic rings.